The lowest BCUT2D eigenvalue weighted by Gasteiger charge is -2.14. The van der Waals surface area contributed by atoms with E-state index in [4.69, 9.17) is 0 Å². The van der Waals surface area contributed by atoms with Crippen LogP contribution in [0.25, 0.3) is 0 Å². The fraction of sp³-hybridized carbons (Fsp3) is 0.318. The van der Waals surface area contributed by atoms with Gasteiger partial charge in [0.05, 0.1) is 5.69 Å². The lowest BCUT2D eigenvalue weighted by atomic mass is 10.1. The van der Waals surface area contributed by atoms with E-state index in [2.05, 4.69) is 15.7 Å². The van der Waals surface area contributed by atoms with E-state index in [1.54, 1.807) is 24.3 Å². The summed E-state index contributed by atoms with van der Waals surface area (Å²) in [5.74, 6) is -0.292. The molecule has 28 heavy (non-hydrogen) atoms. The van der Waals surface area contributed by atoms with Crippen LogP contribution in [-0.2, 0) is 0 Å². The number of hydrogen-bond donors (Lipinski definition) is 2. The highest BCUT2D eigenvalue weighted by molar-refractivity contribution is 6.05. The van der Waals surface area contributed by atoms with Crippen molar-refractivity contribution >= 4 is 28.9 Å². The molecule has 2 aromatic carbocycles. The van der Waals surface area contributed by atoms with Gasteiger partial charge in [0.2, 0.25) is 0 Å². The minimum atomic E-state index is -0.199. The Kier molecular flexibility index (Phi) is 4.86. The molecule has 0 radical (unpaired) electrons. The summed E-state index contributed by atoms with van der Waals surface area (Å²) in [4.78, 5) is 24.9. The second kappa shape index (κ2) is 7.46. The van der Waals surface area contributed by atoms with E-state index in [1.807, 2.05) is 37.1 Å². The first-order valence-corrected chi connectivity index (χ1v) is 9.64. The predicted octanol–water partition coefficient (Wildman–Crippen LogP) is 3.73. The Hall–Kier alpha value is -3.15. The molecule has 0 saturated heterocycles. The van der Waals surface area contributed by atoms with Crippen LogP contribution in [0.1, 0.15) is 52.5 Å². The van der Waals surface area contributed by atoms with Gasteiger partial charge in [-0.25, -0.2) is 0 Å². The third-order valence-corrected chi connectivity index (χ3v) is 5.06. The van der Waals surface area contributed by atoms with E-state index in [0.29, 0.717) is 22.9 Å². The number of nitrogens with one attached hydrogen (secondary N) is 2. The molecule has 1 saturated carbocycles. The van der Waals surface area contributed by atoms with Gasteiger partial charge >= 0.3 is 0 Å². The largest absolute Gasteiger partial charge is 0.349 e. The van der Waals surface area contributed by atoms with Crippen LogP contribution in [0.15, 0.2) is 47.6 Å². The Balaban J connectivity index is 1.46. The average Bonchev–Trinajstić information content (AvgIpc) is 3.40. The maximum atomic E-state index is 12.7. The molecule has 2 aromatic rings. The van der Waals surface area contributed by atoms with Crippen LogP contribution in [0.4, 0.5) is 11.4 Å². The van der Waals surface area contributed by atoms with Crippen LogP contribution in [0, 0.1) is 6.92 Å². The summed E-state index contributed by atoms with van der Waals surface area (Å²) in [6, 6.07) is 13.1. The third-order valence-electron chi connectivity index (χ3n) is 5.06. The van der Waals surface area contributed by atoms with E-state index in [-0.39, 0.29) is 11.8 Å². The number of hydrogen-bond acceptors (Lipinski definition) is 4. The first-order chi connectivity index (χ1) is 13.5. The number of carbonyl (C=O) groups is 2. The first-order valence-electron chi connectivity index (χ1n) is 9.64. The summed E-state index contributed by atoms with van der Waals surface area (Å²) in [6.07, 6.45) is 3.05. The summed E-state index contributed by atoms with van der Waals surface area (Å²) in [5, 5.41) is 12.3. The van der Waals surface area contributed by atoms with Gasteiger partial charge in [-0.15, -0.1) is 0 Å². The van der Waals surface area contributed by atoms with Crippen LogP contribution in [0.5, 0.6) is 0 Å². The van der Waals surface area contributed by atoms with Gasteiger partial charge < -0.3 is 10.6 Å². The standard InChI is InChI=1S/C22H24N4O2/c1-14-3-4-17(22(28)23-18-7-8-18)13-20(14)24-21(27)16-5-9-19(10-6-16)26-12-11-15(2)25-26/h3-6,9-10,13,18H,7-8,11-12H2,1-2H3,(H,23,28)(H,24,27). The van der Waals surface area contributed by atoms with Gasteiger partial charge in [-0.3, -0.25) is 14.6 Å². The summed E-state index contributed by atoms with van der Waals surface area (Å²) in [7, 11) is 0. The maximum Gasteiger partial charge on any atom is 0.255 e. The number of aryl methyl sites for hydroxylation is 1. The topological polar surface area (TPSA) is 73.8 Å². The van der Waals surface area contributed by atoms with E-state index in [1.165, 1.54) is 0 Å². The van der Waals surface area contributed by atoms with Gasteiger partial charge in [-0.05, 0) is 68.7 Å². The second-order valence-corrected chi connectivity index (χ2v) is 7.49. The molecule has 0 spiro atoms. The molecule has 144 valence electrons. The van der Waals surface area contributed by atoms with Crippen molar-refractivity contribution in [2.45, 2.75) is 39.2 Å². The fourth-order valence-corrected chi connectivity index (χ4v) is 3.13. The highest BCUT2D eigenvalue weighted by Crippen LogP contribution is 2.23. The Bertz CT molecular complexity index is 946. The number of nitrogens with zero attached hydrogens (tertiary/aromatic N) is 2. The Morgan fingerprint density at radius 2 is 1.71 bits per heavy atom. The van der Waals surface area contributed by atoms with Crippen molar-refractivity contribution in [3.63, 3.8) is 0 Å². The molecule has 0 unspecified atom stereocenters. The number of anilines is 2. The molecule has 6 heteroatoms. The monoisotopic (exact) mass is 376 g/mol. The predicted molar refractivity (Wildman–Crippen MR) is 111 cm³/mol. The van der Waals surface area contributed by atoms with Crippen molar-refractivity contribution in [2.75, 3.05) is 16.9 Å². The molecule has 0 bridgehead atoms. The summed E-state index contributed by atoms with van der Waals surface area (Å²) >= 11 is 0. The molecular weight excluding hydrogens is 352 g/mol. The molecule has 4 rings (SSSR count). The van der Waals surface area contributed by atoms with E-state index < -0.39 is 0 Å². The Labute approximate surface area is 164 Å². The molecule has 6 nitrogen and oxygen atoms in total. The lowest BCUT2D eigenvalue weighted by Crippen LogP contribution is -2.25. The molecule has 1 heterocycles. The van der Waals surface area contributed by atoms with Gasteiger partial charge in [0, 0.05) is 41.5 Å². The van der Waals surface area contributed by atoms with E-state index in [0.717, 1.165) is 42.8 Å². The average molecular weight is 376 g/mol. The van der Waals surface area contributed by atoms with Crippen molar-refractivity contribution in [1.29, 1.82) is 0 Å². The quantitative estimate of drug-likeness (QED) is 0.835. The first kappa shape index (κ1) is 18.2. The number of hydrazone groups is 1. The fourth-order valence-electron chi connectivity index (χ4n) is 3.13. The SMILES string of the molecule is CC1=NN(c2ccc(C(=O)Nc3cc(C(=O)NC4CC4)ccc3C)cc2)CC1. The van der Waals surface area contributed by atoms with Gasteiger partial charge in [-0.1, -0.05) is 6.07 Å². The molecule has 1 aliphatic carbocycles. The lowest BCUT2D eigenvalue weighted by molar-refractivity contribution is 0.0949. The van der Waals surface area contributed by atoms with Gasteiger partial charge in [0.1, 0.15) is 0 Å². The number of rotatable bonds is 5. The molecule has 2 N–H and O–H groups in total. The molecular formula is C22H24N4O2. The van der Waals surface area contributed by atoms with Crippen molar-refractivity contribution in [3.8, 4) is 0 Å². The van der Waals surface area contributed by atoms with Gasteiger partial charge in [0.25, 0.3) is 11.8 Å². The number of amides is 2. The van der Waals surface area contributed by atoms with Crippen molar-refractivity contribution < 1.29 is 9.59 Å². The smallest absolute Gasteiger partial charge is 0.255 e. The maximum absolute atomic E-state index is 12.7. The zero-order chi connectivity index (χ0) is 19.7. The summed E-state index contributed by atoms with van der Waals surface area (Å²) in [5.41, 5.74) is 4.78. The zero-order valence-electron chi connectivity index (χ0n) is 16.2. The number of carbonyl (C=O) groups excluding carboxylic acids is 2. The Morgan fingerprint density at radius 1 is 1.00 bits per heavy atom. The van der Waals surface area contributed by atoms with Gasteiger partial charge in [0.15, 0.2) is 0 Å². The molecule has 1 fully saturated rings. The highest BCUT2D eigenvalue weighted by Gasteiger charge is 2.24. The van der Waals surface area contributed by atoms with Crippen LogP contribution in [0.2, 0.25) is 0 Å². The highest BCUT2D eigenvalue weighted by atomic mass is 16.2. The second-order valence-electron chi connectivity index (χ2n) is 7.49. The molecule has 0 aromatic heterocycles. The van der Waals surface area contributed by atoms with Crippen molar-refractivity contribution in [2.24, 2.45) is 5.10 Å². The van der Waals surface area contributed by atoms with Crippen LogP contribution in [-0.4, -0.2) is 30.1 Å². The molecule has 0 atom stereocenters. The van der Waals surface area contributed by atoms with E-state index >= 15 is 0 Å². The van der Waals surface area contributed by atoms with Gasteiger partial charge in [-0.2, -0.15) is 5.10 Å². The molecule has 2 aliphatic rings. The molecule has 2 amide bonds. The minimum Gasteiger partial charge on any atom is -0.349 e. The number of benzene rings is 2. The third kappa shape index (κ3) is 4.06. The van der Waals surface area contributed by atoms with Crippen LogP contribution < -0.4 is 15.6 Å². The molecule has 1 aliphatic heterocycles. The summed E-state index contributed by atoms with van der Waals surface area (Å²) in [6.45, 7) is 4.80. The van der Waals surface area contributed by atoms with Crippen molar-refractivity contribution in [1.82, 2.24) is 5.32 Å². The zero-order valence-corrected chi connectivity index (χ0v) is 16.2. The van der Waals surface area contributed by atoms with Crippen LogP contribution >= 0.6 is 0 Å². The van der Waals surface area contributed by atoms with Crippen LogP contribution in [0.3, 0.4) is 0 Å². The summed E-state index contributed by atoms with van der Waals surface area (Å²) < 4.78 is 0. The normalized spacial score (nSPS) is 15.9. The minimum absolute atomic E-state index is 0.0937. The Morgan fingerprint density at radius 3 is 2.36 bits per heavy atom. The van der Waals surface area contributed by atoms with Crippen molar-refractivity contribution in [3.05, 3.63) is 59.2 Å². The van der Waals surface area contributed by atoms with E-state index in [9.17, 15) is 9.59 Å².